The lowest BCUT2D eigenvalue weighted by Gasteiger charge is -2.32. The van der Waals surface area contributed by atoms with Gasteiger partial charge < -0.3 is 10.5 Å². The SMILES string of the molecule is CCCCCCC(CN)N(CCOC)CC(C)C. The summed E-state index contributed by atoms with van der Waals surface area (Å²) in [5.41, 5.74) is 5.95. The highest BCUT2D eigenvalue weighted by Gasteiger charge is 2.17. The molecule has 0 bridgehead atoms. The third-order valence-electron chi connectivity index (χ3n) is 3.36. The fraction of sp³-hybridized carbons (Fsp3) is 1.00. The first-order valence-electron chi connectivity index (χ1n) is 7.58. The zero-order chi connectivity index (χ0) is 13.8. The third kappa shape index (κ3) is 8.90. The Bertz CT molecular complexity index is 174. The van der Waals surface area contributed by atoms with Crippen LogP contribution in [0.2, 0.25) is 0 Å². The van der Waals surface area contributed by atoms with Crippen LogP contribution in [0, 0.1) is 5.92 Å². The summed E-state index contributed by atoms with van der Waals surface area (Å²) >= 11 is 0. The van der Waals surface area contributed by atoms with Crippen LogP contribution in [0.25, 0.3) is 0 Å². The number of ether oxygens (including phenoxy) is 1. The van der Waals surface area contributed by atoms with Gasteiger partial charge in [-0.2, -0.15) is 0 Å². The number of hydrogen-bond acceptors (Lipinski definition) is 3. The maximum absolute atomic E-state index is 5.95. The topological polar surface area (TPSA) is 38.5 Å². The molecule has 0 amide bonds. The van der Waals surface area contributed by atoms with Gasteiger partial charge in [-0.3, -0.25) is 4.90 Å². The normalized spacial score (nSPS) is 13.5. The number of rotatable bonds is 12. The van der Waals surface area contributed by atoms with Crippen molar-refractivity contribution < 1.29 is 4.74 Å². The first kappa shape index (κ1) is 17.9. The van der Waals surface area contributed by atoms with Gasteiger partial charge in [0.15, 0.2) is 0 Å². The zero-order valence-electron chi connectivity index (χ0n) is 13.0. The Hall–Kier alpha value is -0.120. The van der Waals surface area contributed by atoms with E-state index < -0.39 is 0 Å². The second-order valence-electron chi connectivity index (χ2n) is 5.62. The summed E-state index contributed by atoms with van der Waals surface area (Å²) in [6.45, 7) is 10.5. The number of unbranched alkanes of at least 4 members (excludes halogenated alkanes) is 3. The Morgan fingerprint density at radius 2 is 1.89 bits per heavy atom. The van der Waals surface area contributed by atoms with Gasteiger partial charge in [-0.15, -0.1) is 0 Å². The molecule has 3 heteroatoms. The molecule has 0 saturated heterocycles. The fourth-order valence-corrected chi connectivity index (χ4v) is 2.36. The van der Waals surface area contributed by atoms with Crippen LogP contribution in [0.4, 0.5) is 0 Å². The van der Waals surface area contributed by atoms with E-state index in [2.05, 4.69) is 25.7 Å². The van der Waals surface area contributed by atoms with Crippen molar-refractivity contribution in [3.63, 3.8) is 0 Å². The summed E-state index contributed by atoms with van der Waals surface area (Å²) in [5.74, 6) is 0.687. The van der Waals surface area contributed by atoms with Gasteiger partial charge in [0.25, 0.3) is 0 Å². The molecule has 110 valence electrons. The minimum atomic E-state index is 0.527. The Balaban J connectivity index is 4.12. The molecule has 0 radical (unpaired) electrons. The van der Waals surface area contributed by atoms with Crippen molar-refractivity contribution in [2.24, 2.45) is 11.7 Å². The second-order valence-corrected chi connectivity index (χ2v) is 5.62. The minimum Gasteiger partial charge on any atom is -0.383 e. The first-order chi connectivity index (χ1) is 8.65. The van der Waals surface area contributed by atoms with Crippen molar-refractivity contribution in [3.8, 4) is 0 Å². The Morgan fingerprint density at radius 1 is 1.17 bits per heavy atom. The van der Waals surface area contributed by atoms with Crippen molar-refractivity contribution in [2.75, 3.05) is 33.4 Å². The monoisotopic (exact) mass is 258 g/mol. The van der Waals surface area contributed by atoms with Gasteiger partial charge in [-0.05, 0) is 12.3 Å². The highest BCUT2D eigenvalue weighted by molar-refractivity contribution is 4.74. The molecule has 0 saturated carbocycles. The predicted molar refractivity (Wildman–Crippen MR) is 79.9 cm³/mol. The average molecular weight is 258 g/mol. The quantitative estimate of drug-likeness (QED) is 0.547. The van der Waals surface area contributed by atoms with Gasteiger partial charge in [-0.1, -0.05) is 46.5 Å². The molecule has 1 atom stereocenters. The molecule has 0 aliphatic rings. The number of nitrogens with two attached hydrogens (primary N) is 1. The predicted octanol–water partition coefficient (Wildman–Crippen LogP) is 2.89. The molecule has 0 rings (SSSR count). The third-order valence-corrected chi connectivity index (χ3v) is 3.36. The van der Waals surface area contributed by atoms with E-state index in [1.54, 1.807) is 7.11 Å². The summed E-state index contributed by atoms with van der Waals surface area (Å²) in [6.07, 6.45) is 6.52. The minimum absolute atomic E-state index is 0.527. The largest absolute Gasteiger partial charge is 0.383 e. The average Bonchev–Trinajstić information content (AvgIpc) is 2.34. The summed E-state index contributed by atoms with van der Waals surface area (Å²) in [5, 5.41) is 0. The molecule has 18 heavy (non-hydrogen) atoms. The van der Waals surface area contributed by atoms with Gasteiger partial charge in [-0.25, -0.2) is 0 Å². The van der Waals surface area contributed by atoms with Crippen molar-refractivity contribution in [1.29, 1.82) is 0 Å². The molecule has 0 spiro atoms. The highest BCUT2D eigenvalue weighted by atomic mass is 16.5. The van der Waals surface area contributed by atoms with Crippen molar-refractivity contribution in [3.05, 3.63) is 0 Å². The van der Waals surface area contributed by atoms with E-state index >= 15 is 0 Å². The molecule has 2 N–H and O–H groups in total. The summed E-state index contributed by atoms with van der Waals surface area (Å²) in [6, 6.07) is 0.527. The lowest BCUT2D eigenvalue weighted by Crippen LogP contribution is -2.44. The molecule has 0 fully saturated rings. The Kier molecular flexibility index (Phi) is 11.9. The van der Waals surface area contributed by atoms with E-state index in [0.29, 0.717) is 12.0 Å². The number of methoxy groups -OCH3 is 1. The van der Waals surface area contributed by atoms with E-state index in [0.717, 1.165) is 26.2 Å². The first-order valence-corrected chi connectivity index (χ1v) is 7.58. The van der Waals surface area contributed by atoms with Gasteiger partial charge in [0, 0.05) is 32.8 Å². The lowest BCUT2D eigenvalue weighted by atomic mass is 10.0. The molecule has 0 aliphatic heterocycles. The molecule has 0 aliphatic carbocycles. The smallest absolute Gasteiger partial charge is 0.0589 e. The van der Waals surface area contributed by atoms with Gasteiger partial charge in [0.2, 0.25) is 0 Å². The van der Waals surface area contributed by atoms with Crippen LogP contribution in [-0.4, -0.2) is 44.3 Å². The fourth-order valence-electron chi connectivity index (χ4n) is 2.36. The van der Waals surface area contributed by atoms with Crippen LogP contribution in [0.5, 0.6) is 0 Å². The van der Waals surface area contributed by atoms with Crippen LogP contribution in [0.15, 0.2) is 0 Å². The van der Waals surface area contributed by atoms with E-state index in [-0.39, 0.29) is 0 Å². The molecular formula is C15H34N2O. The summed E-state index contributed by atoms with van der Waals surface area (Å²) in [7, 11) is 1.77. The number of hydrogen-bond donors (Lipinski definition) is 1. The maximum atomic E-state index is 5.95. The maximum Gasteiger partial charge on any atom is 0.0589 e. The molecule has 1 unspecified atom stereocenters. The van der Waals surface area contributed by atoms with Crippen molar-refractivity contribution in [1.82, 2.24) is 4.90 Å². The van der Waals surface area contributed by atoms with E-state index in [1.165, 1.54) is 32.1 Å². The van der Waals surface area contributed by atoms with Crippen LogP contribution in [0.3, 0.4) is 0 Å². The molecular weight excluding hydrogens is 224 g/mol. The van der Waals surface area contributed by atoms with Crippen molar-refractivity contribution >= 4 is 0 Å². The highest BCUT2D eigenvalue weighted by Crippen LogP contribution is 2.12. The van der Waals surface area contributed by atoms with Crippen LogP contribution < -0.4 is 5.73 Å². The van der Waals surface area contributed by atoms with Crippen molar-refractivity contribution in [2.45, 2.75) is 58.9 Å². The second kappa shape index (κ2) is 11.9. The zero-order valence-corrected chi connectivity index (χ0v) is 13.0. The summed E-state index contributed by atoms with van der Waals surface area (Å²) in [4.78, 5) is 2.51. The molecule has 0 heterocycles. The Labute approximate surface area is 114 Å². The standard InChI is InChI=1S/C15H34N2O/c1-5-6-7-8-9-15(12-16)17(10-11-18-4)13-14(2)3/h14-15H,5-13,16H2,1-4H3. The number of nitrogens with zero attached hydrogens (tertiary/aromatic N) is 1. The lowest BCUT2D eigenvalue weighted by molar-refractivity contribution is 0.107. The van der Waals surface area contributed by atoms with Gasteiger partial charge in [0.05, 0.1) is 6.61 Å². The molecule has 3 nitrogen and oxygen atoms in total. The van der Waals surface area contributed by atoms with Crippen LogP contribution in [-0.2, 0) is 4.74 Å². The Morgan fingerprint density at radius 3 is 2.39 bits per heavy atom. The molecule has 0 aromatic heterocycles. The van der Waals surface area contributed by atoms with E-state index in [9.17, 15) is 0 Å². The van der Waals surface area contributed by atoms with Gasteiger partial charge in [0.1, 0.15) is 0 Å². The summed E-state index contributed by atoms with van der Waals surface area (Å²) < 4.78 is 5.21. The molecule has 0 aromatic rings. The van der Waals surface area contributed by atoms with Crippen LogP contribution >= 0.6 is 0 Å². The van der Waals surface area contributed by atoms with Gasteiger partial charge >= 0.3 is 0 Å². The molecule has 0 aromatic carbocycles. The van der Waals surface area contributed by atoms with Crippen LogP contribution in [0.1, 0.15) is 52.9 Å². The van der Waals surface area contributed by atoms with E-state index in [4.69, 9.17) is 10.5 Å². The van der Waals surface area contributed by atoms with E-state index in [1.807, 2.05) is 0 Å².